The number of benzene rings is 2. The lowest BCUT2D eigenvalue weighted by Gasteiger charge is -2.07. The molecule has 23 heavy (non-hydrogen) atoms. The molecule has 2 aromatic rings. The van der Waals surface area contributed by atoms with E-state index in [4.69, 9.17) is 28.5 Å². The van der Waals surface area contributed by atoms with E-state index in [1.54, 1.807) is 42.5 Å². The molecule has 0 aliphatic heterocycles. The number of hydrogen-bond acceptors (Lipinski definition) is 3. The second-order valence-corrected chi connectivity index (χ2v) is 6.16. The molecule has 0 atom stereocenters. The average Bonchev–Trinajstić information content (AvgIpc) is 2.53. The van der Waals surface area contributed by atoms with E-state index in [0.29, 0.717) is 21.4 Å². The van der Waals surface area contributed by atoms with Gasteiger partial charge in [0.2, 0.25) is 0 Å². The summed E-state index contributed by atoms with van der Waals surface area (Å²) in [6.45, 7) is 0. The van der Waals surface area contributed by atoms with E-state index in [9.17, 15) is 4.79 Å². The van der Waals surface area contributed by atoms with Crippen molar-refractivity contribution < 1.29 is 4.79 Å². The molecular weight excluding hydrogens is 401 g/mol. The third kappa shape index (κ3) is 5.00. The minimum atomic E-state index is -0.527. The first-order valence-corrected chi connectivity index (χ1v) is 7.93. The molecule has 0 heterocycles. The van der Waals surface area contributed by atoms with Crippen molar-refractivity contribution in [1.29, 1.82) is 5.26 Å². The molecule has 0 aromatic heterocycles. The number of nitriles is 1. The summed E-state index contributed by atoms with van der Waals surface area (Å²) in [6, 6.07) is 13.7. The van der Waals surface area contributed by atoms with Gasteiger partial charge >= 0.3 is 0 Å². The summed E-state index contributed by atoms with van der Waals surface area (Å²) in [7, 11) is 0. The molecule has 0 unspecified atom stereocenters. The van der Waals surface area contributed by atoms with E-state index in [1.807, 2.05) is 6.07 Å². The summed E-state index contributed by atoms with van der Waals surface area (Å²) in [5.74, 6) is -0.527. The smallest absolute Gasteiger partial charge is 0.267 e. The third-order valence-corrected chi connectivity index (χ3v) is 3.86. The molecule has 0 aliphatic carbocycles. The predicted octanol–water partition coefficient (Wildman–Crippen LogP) is 5.21. The van der Waals surface area contributed by atoms with Gasteiger partial charge in [0.05, 0.1) is 10.7 Å². The highest BCUT2D eigenvalue weighted by molar-refractivity contribution is 9.10. The molecule has 0 aliphatic rings. The fraction of sp³-hybridized carbons (Fsp3) is 0. The molecule has 2 aromatic carbocycles. The van der Waals surface area contributed by atoms with Crippen LogP contribution in [0.3, 0.4) is 0 Å². The molecule has 1 amide bonds. The van der Waals surface area contributed by atoms with Crippen LogP contribution in [0.15, 0.2) is 58.7 Å². The van der Waals surface area contributed by atoms with Gasteiger partial charge in [-0.05, 0) is 42.5 Å². The minimum Gasteiger partial charge on any atom is -0.359 e. The van der Waals surface area contributed by atoms with Gasteiger partial charge in [0.15, 0.2) is 0 Å². The van der Waals surface area contributed by atoms with E-state index < -0.39 is 5.91 Å². The highest BCUT2D eigenvalue weighted by Crippen LogP contribution is 2.25. The summed E-state index contributed by atoms with van der Waals surface area (Å²) in [5.41, 5.74) is 0.993. The summed E-state index contributed by atoms with van der Waals surface area (Å²) in [5, 5.41) is 15.5. The lowest BCUT2D eigenvalue weighted by molar-refractivity contribution is -0.112. The zero-order valence-electron chi connectivity index (χ0n) is 11.6. The molecule has 4 nitrogen and oxygen atoms in total. The largest absolute Gasteiger partial charge is 0.359 e. The normalized spacial score (nSPS) is 10.8. The van der Waals surface area contributed by atoms with Gasteiger partial charge in [-0.25, -0.2) is 0 Å². The van der Waals surface area contributed by atoms with Crippen molar-refractivity contribution in [3.63, 3.8) is 0 Å². The van der Waals surface area contributed by atoms with Crippen LogP contribution >= 0.6 is 39.1 Å². The first-order valence-electron chi connectivity index (χ1n) is 6.38. The number of nitrogens with one attached hydrogen (secondary N) is 2. The minimum absolute atomic E-state index is 0.0936. The molecule has 0 saturated heterocycles. The van der Waals surface area contributed by atoms with Gasteiger partial charge in [-0.1, -0.05) is 39.1 Å². The van der Waals surface area contributed by atoms with Crippen LogP contribution in [0.1, 0.15) is 0 Å². The molecule has 0 saturated carbocycles. The summed E-state index contributed by atoms with van der Waals surface area (Å²) < 4.78 is 0.892. The molecular formula is C16H10BrCl2N3O. The number of halogens is 3. The van der Waals surface area contributed by atoms with Gasteiger partial charge in [0, 0.05) is 21.4 Å². The summed E-state index contributed by atoms with van der Waals surface area (Å²) in [6.07, 6.45) is 1.28. The van der Waals surface area contributed by atoms with Crippen LogP contribution in [0.2, 0.25) is 10.0 Å². The maximum atomic E-state index is 12.1. The van der Waals surface area contributed by atoms with Crippen LogP contribution in [-0.2, 0) is 4.79 Å². The number of amides is 1. The molecule has 2 N–H and O–H groups in total. The topological polar surface area (TPSA) is 64.9 Å². The fourth-order valence-corrected chi connectivity index (χ4v) is 2.25. The molecule has 0 radical (unpaired) electrons. The summed E-state index contributed by atoms with van der Waals surface area (Å²) >= 11 is 15.2. The van der Waals surface area contributed by atoms with Gasteiger partial charge in [0.25, 0.3) is 5.91 Å². The maximum absolute atomic E-state index is 12.1. The second-order valence-electron chi connectivity index (χ2n) is 4.40. The number of anilines is 2. The molecule has 0 bridgehead atoms. The monoisotopic (exact) mass is 409 g/mol. The van der Waals surface area contributed by atoms with Gasteiger partial charge in [-0.2, -0.15) is 5.26 Å². The fourth-order valence-electron chi connectivity index (χ4n) is 1.64. The van der Waals surface area contributed by atoms with Crippen molar-refractivity contribution >= 4 is 56.4 Å². The van der Waals surface area contributed by atoms with Gasteiger partial charge in [-0.15, -0.1) is 0 Å². The Labute approximate surface area is 151 Å². The third-order valence-electron chi connectivity index (χ3n) is 2.77. The van der Waals surface area contributed by atoms with E-state index in [-0.39, 0.29) is 5.57 Å². The van der Waals surface area contributed by atoms with E-state index in [1.165, 1.54) is 6.20 Å². The van der Waals surface area contributed by atoms with Crippen molar-refractivity contribution in [2.75, 3.05) is 10.6 Å². The summed E-state index contributed by atoms with van der Waals surface area (Å²) in [4.78, 5) is 12.1. The van der Waals surface area contributed by atoms with E-state index in [2.05, 4.69) is 26.6 Å². The Kier molecular flexibility index (Phi) is 6.05. The van der Waals surface area contributed by atoms with Crippen molar-refractivity contribution in [3.8, 4) is 6.07 Å². The number of nitrogens with zero attached hydrogens (tertiary/aromatic N) is 1. The predicted molar refractivity (Wildman–Crippen MR) is 96.6 cm³/mol. The van der Waals surface area contributed by atoms with Gasteiger partial charge < -0.3 is 10.6 Å². The number of carbonyl (C=O) groups excluding carboxylic acids is 1. The highest BCUT2D eigenvalue weighted by atomic mass is 79.9. The van der Waals surface area contributed by atoms with Crippen molar-refractivity contribution in [3.05, 3.63) is 68.8 Å². The number of hydrogen-bond donors (Lipinski definition) is 2. The quantitative estimate of drug-likeness (QED) is 0.536. The van der Waals surface area contributed by atoms with Crippen molar-refractivity contribution in [2.45, 2.75) is 0 Å². The zero-order valence-corrected chi connectivity index (χ0v) is 14.7. The Bertz CT molecular complexity index is 798. The molecule has 0 spiro atoms. The van der Waals surface area contributed by atoms with Gasteiger partial charge in [0.1, 0.15) is 11.6 Å². The average molecular weight is 411 g/mol. The van der Waals surface area contributed by atoms with Crippen LogP contribution < -0.4 is 10.6 Å². The SMILES string of the molecule is N#C/C(=C/Nc1cc(Cl)ccc1Cl)C(=O)Nc1ccc(Br)cc1. The number of rotatable bonds is 4. The molecule has 7 heteroatoms. The van der Waals surface area contributed by atoms with E-state index in [0.717, 1.165) is 4.47 Å². The molecule has 0 fully saturated rings. The van der Waals surface area contributed by atoms with Crippen molar-refractivity contribution in [1.82, 2.24) is 0 Å². The Balaban J connectivity index is 2.12. The zero-order chi connectivity index (χ0) is 16.8. The molecule has 2 rings (SSSR count). The van der Waals surface area contributed by atoms with Gasteiger partial charge in [-0.3, -0.25) is 4.79 Å². The van der Waals surface area contributed by atoms with Crippen LogP contribution in [0, 0.1) is 11.3 Å². The van der Waals surface area contributed by atoms with Crippen LogP contribution in [0.25, 0.3) is 0 Å². The highest BCUT2D eigenvalue weighted by Gasteiger charge is 2.10. The lowest BCUT2D eigenvalue weighted by atomic mass is 10.2. The Morgan fingerprint density at radius 1 is 1.17 bits per heavy atom. The Morgan fingerprint density at radius 2 is 1.87 bits per heavy atom. The van der Waals surface area contributed by atoms with E-state index >= 15 is 0 Å². The first kappa shape index (κ1) is 17.4. The Morgan fingerprint density at radius 3 is 2.52 bits per heavy atom. The first-order chi connectivity index (χ1) is 11.0. The second kappa shape index (κ2) is 8.02. The number of carbonyl (C=O) groups is 1. The van der Waals surface area contributed by atoms with Crippen LogP contribution in [-0.4, -0.2) is 5.91 Å². The Hall–Kier alpha value is -2.00. The van der Waals surface area contributed by atoms with Crippen molar-refractivity contribution in [2.24, 2.45) is 0 Å². The van der Waals surface area contributed by atoms with Crippen LogP contribution in [0.4, 0.5) is 11.4 Å². The molecule has 116 valence electrons. The lowest BCUT2D eigenvalue weighted by Crippen LogP contribution is -2.14. The standard InChI is InChI=1S/C16H10BrCl2N3O/c17-11-1-4-13(5-2-11)22-16(23)10(8-20)9-21-15-7-12(18)3-6-14(15)19/h1-7,9,21H,(H,22,23)/b10-9-. The van der Waals surface area contributed by atoms with Crippen LogP contribution in [0.5, 0.6) is 0 Å². The maximum Gasteiger partial charge on any atom is 0.267 e.